The first kappa shape index (κ1) is 35.3. The van der Waals surface area contributed by atoms with Crippen LogP contribution in [0.15, 0.2) is 72.8 Å². The molecular weight excluding hydrogens is 671 g/mol. The average Bonchev–Trinajstić information content (AvgIpc) is 3.11. The number of aromatic nitrogens is 2. The molecule has 50 heavy (non-hydrogen) atoms. The number of rotatable bonds is 15. The molecule has 0 bridgehead atoms. The molecule has 2 aromatic heterocycles. The Bertz CT molecular complexity index is 2020. The Kier molecular flexibility index (Phi) is 11.3. The minimum absolute atomic E-state index is 0.150. The summed E-state index contributed by atoms with van der Waals surface area (Å²) in [5.74, 6) is 1.67. The molecule has 0 saturated heterocycles. The second-order valence-electron chi connectivity index (χ2n) is 12.6. The van der Waals surface area contributed by atoms with Crippen LogP contribution < -0.4 is 20.1 Å². The maximum absolute atomic E-state index is 13.5. The first-order chi connectivity index (χ1) is 24.2. The predicted octanol–water partition coefficient (Wildman–Crippen LogP) is 8.50. The lowest BCUT2D eigenvalue weighted by atomic mass is 10.1. The van der Waals surface area contributed by atoms with Gasteiger partial charge in [0.1, 0.15) is 11.5 Å². The van der Waals surface area contributed by atoms with Crippen LogP contribution in [0.3, 0.4) is 0 Å². The number of nitrogens with one attached hydrogen (secondary N) is 2. The monoisotopic (exact) mass is 712 g/mol. The largest absolute Gasteiger partial charge is 0.497 e. The van der Waals surface area contributed by atoms with Crippen molar-refractivity contribution in [2.75, 3.05) is 71.7 Å². The predicted molar refractivity (Wildman–Crippen MR) is 208 cm³/mol. The molecule has 0 spiro atoms. The number of ether oxygens (including phenoxy) is 2. The number of fused-ring (bicyclic) bond motifs is 4. The third-order valence-electron chi connectivity index (χ3n) is 8.82. The Morgan fingerprint density at radius 1 is 0.640 bits per heavy atom. The van der Waals surface area contributed by atoms with Crippen molar-refractivity contribution < 1.29 is 14.3 Å². The lowest BCUT2D eigenvalue weighted by Crippen LogP contribution is -2.36. The van der Waals surface area contributed by atoms with Crippen LogP contribution in [0.4, 0.5) is 11.4 Å². The summed E-state index contributed by atoms with van der Waals surface area (Å²) < 4.78 is 11.0. The van der Waals surface area contributed by atoms with Crippen LogP contribution in [-0.2, 0) is 4.79 Å². The molecule has 0 atom stereocenters. The third kappa shape index (κ3) is 8.07. The van der Waals surface area contributed by atoms with E-state index in [9.17, 15) is 4.79 Å². The van der Waals surface area contributed by atoms with Crippen molar-refractivity contribution in [1.29, 1.82) is 0 Å². The fourth-order valence-corrected chi connectivity index (χ4v) is 6.57. The Labute approximate surface area is 302 Å². The summed E-state index contributed by atoms with van der Waals surface area (Å²) in [6, 6.07) is 23.3. The Morgan fingerprint density at radius 3 is 1.56 bits per heavy atom. The number of amides is 1. The number of methoxy groups -OCH3 is 2. The highest BCUT2D eigenvalue weighted by atomic mass is 35.5. The maximum Gasteiger partial charge on any atom is 0.223 e. The highest BCUT2D eigenvalue weighted by molar-refractivity contribution is 6.32. The topological polar surface area (TPSA) is 91.9 Å². The number of carbonyl (C=O) groups is 1. The van der Waals surface area contributed by atoms with E-state index in [0.717, 1.165) is 79.3 Å². The van der Waals surface area contributed by atoms with Gasteiger partial charge in [-0.1, -0.05) is 23.2 Å². The van der Waals surface area contributed by atoms with Crippen molar-refractivity contribution >= 4 is 84.1 Å². The number of benzene rings is 4. The van der Waals surface area contributed by atoms with Crippen LogP contribution in [0.5, 0.6) is 11.5 Å². The van der Waals surface area contributed by atoms with Crippen molar-refractivity contribution in [2.45, 2.75) is 19.3 Å². The normalized spacial score (nSPS) is 11.5. The van der Waals surface area contributed by atoms with Crippen LogP contribution in [0.25, 0.3) is 43.6 Å². The molecule has 0 aliphatic rings. The zero-order valence-electron chi connectivity index (χ0n) is 28.9. The first-order valence-electron chi connectivity index (χ1n) is 16.8. The SMILES string of the molecule is COc1ccc2nc3cc(Cl)ccc3c(NCCCN(CCCNc3c4ccc(Cl)cc4nc4ccc(OC)cc34)C(=O)CCN(C)C)c2c1. The van der Waals surface area contributed by atoms with E-state index >= 15 is 0 Å². The molecule has 0 aliphatic carbocycles. The van der Waals surface area contributed by atoms with Gasteiger partial charge in [0.2, 0.25) is 5.91 Å². The van der Waals surface area contributed by atoms with Gasteiger partial charge in [-0.25, -0.2) is 9.97 Å². The molecule has 6 rings (SSSR count). The number of pyridine rings is 2. The fourth-order valence-electron chi connectivity index (χ4n) is 6.23. The van der Waals surface area contributed by atoms with Gasteiger partial charge in [0.15, 0.2) is 0 Å². The van der Waals surface area contributed by atoms with Crippen LogP contribution >= 0.6 is 23.2 Å². The average molecular weight is 714 g/mol. The highest BCUT2D eigenvalue weighted by Gasteiger charge is 2.16. The number of hydrogen-bond donors (Lipinski definition) is 2. The van der Waals surface area contributed by atoms with E-state index in [4.69, 9.17) is 42.6 Å². The van der Waals surface area contributed by atoms with Crippen molar-refractivity contribution in [3.8, 4) is 11.5 Å². The van der Waals surface area contributed by atoms with Gasteiger partial charge in [-0.05, 0) is 99.7 Å². The second kappa shape index (κ2) is 16.0. The molecule has 0 aliphatic heterocycles. The zero-order valence-corrected chi connectivity index (χ0v) is 30.4. The maximum atomic E-state index is 13.5. The minimum atomic E-state index is 0.150. The van der Waals surface area contributed by atoms with Crippen LogP contribution in [-0.4, -0.2) is 86.7 Å². The van der Waals surface area contributed by atoms with E-state index in [1.165, 1.54) is 0 Å². The van der Waals surface area contributed by atoms with Gasteiger partial charge in [-0.3, -0.25) is 4.79 Å². The van der Waals surface area contributed by atoms with E-state index in [2.05, 4.69) is 10.6 Å². The van der Waals surface area contributed by atoms with Crippen LogP contribution in [0, 0.1) is 0 Å². The fraction of sp³-hybridized carbons (Fsp3) is 0.308. The van der Waals surface area contributed by atoms with Crippen molar-refractivity contribution in [3.05, 3.63) is 82.8 Å². The molecule has 1 amide bonds. The first-order valence-corrected chi connectivity index (χ1v) is 17.5. The number of hydrogen-bond acceptors (Lipinski definition) is 8. The summed E-state index contributed by atoms with van der Waals surface area (Å²) in [7, 11) is 7.30. The standard InChI is InChI=1S/C39H42Cl2N6O3/c1-46(2)20-15-37(48)47(18-5-16-42-38-29-11-7-25(40)21-35(29)44-33-13-9-27(49-3)23-31(33)38)19-6-17-43-39-30-12-8-26(41)22-36(30)45-34-14-10-28(50-4)24-32(34)39/h7-14,21-24H,5-6,15-20H2,1-4H3,(H,42,44)(H,43,45). The van der Waals surface area contributed by atoms with E-state index in [1.807, 2.05) is 96.7 Å². The van der Waals surface area contributed by atoms with E-state index in [0.29, 0.717) is 49.2 Å². The number of halogens is 2. The summed E-state index contributed by atoms with van der Waals surface area (Å²) >= 11 is 12.6. The second-order valence-corrected chi connectivity index (χ2v) is 13.4. The van der Waals surface area contributed by atoms with Crippen molar-refractivity contribution in [3.63, 3.8) is 0 Å². The van der Waals surface area contributed by atoms with Gasteiger partial charge in [0.05, 0.1) is 47.7 Å². The van der Waals surface area contributed by atoms with Gasteiger partial charge in [0, 0.05) is 70.7 Å². The molecule has 260 valence electrons. The van der Waals surface area contributed by atoms with E-state index in [-0.39, 0.29) is 5.91 Å². The molecule has 4 aromatic carbocycles. The molecular formula is C39H42Cl2N6O3. The molecule has 0 unspecified atom stereocenters. The summed E-state index contributed by atoms with van der Waals surface area (Å²) in [6.07, 6.45) is 2.00. The summed E-state index contributed by atoms with van der Waals surface area (Å²) in [6.45, 7) is 3.30. The molecule has 9 nitrogen and oxygen atoms in total. The van der Waals surface area contributed by atoms with E-state index < -0.39 is 0 Å². The molecule has 0 radical (unpaired) electrons. The van der Waals surface area contributed by atoms with Gasteiger partial charge >= 0.3 is 0 Å². The van der Waals surface area contributed by atoms with Gasteiger partial charge in [0.25, 0.3) is 0 Å². The summed E-state index contributed by atoms with van der Waals surface area (Å²) in [4.78, 5) is 27.2. The van der Waals surface area contributed by atoms with Gasteiger partial charge < -0.3 is 29.9 Å². The number of carbonyl (C=O) groups excluding carboxylic acids is 1. The number of nitrogens with zero attached hydrogens (tertiary/aromatic N) is 4. The smallest absolute Gasteiger partial charge is 0.223 e. The molecule has 0 saturated carbocycles. The number of anilines is 2. The van der Waals surface area contributed by atoms with Gasteiger partial charge in [-0.15, -0.1) is 0 Å². The minimum Gasteiger partial charge on any atom is -0.497 e. The lowest BCUT2D eigenvalue weighted by molar-refractivity contribution is -0.131. The van der Waals surface area contributed by atoms with Crippen molar-refractivity contribution in [2.24, 2.45) is 0 Å². The molecule has 6 aromatic rings. The Morgan fingerprint density at radius 2 is 1.12 bits per heavy atom. The Balaban J connectivity index is 1.16. The van der Waals surface area contributed by atoms with Crippen LogP contribution in [0.1, 0.15) is 19.3 Å². The molecule has 0 fully saturated rings. The van der Waals surface area contributed by atoms with Crippen LogP contribution in [0.2, 0.25) is 10.0 Å². The van der Waals surface area contributed by atoms with Gasteiger partial charge in [-0.2, -0.15) is 0 Å². The summed E-state index contributed by atoms with van der Waals surface area (Å²) in [5, 5.41) is 12.5. The quantitative estimate of drug-likeness (QED) is 0.0809. The van der Waals surface area contributed by atoms with Crippen molar-refractivity contribution in [1.82, 2.24) is 19.8 Å². The molecule has 11 heteroatoms. The third-order valence-corrected chi connectivity index (χ3v) is 9.30. The Hall–Kier alpha value is -4.57. The molecule has 2 heterocycles. The zero-order chi connectivity index (χ0) is 35.2. The molecule has 2 N–H and O–H groups in total. The lowest BCUT2D eigenvalue weighted by Gasteiger charge is -2.24. The highest BCUT2D eigenvalue weighted by Crippen LogP contribution is 2.35. The summed E-state index contributed by atoms with van der Waals surface area (Å²) in [5.41, 5.74) is 5.30. The van der Waals surface area contributed by atoms with E-state index in [1.54, 1.807) is 14.2 Å².